The fourth-order valence-electron chi connectivity index (χ4n) is 7.11. The van der Waals surface area contributed by atoms with Crippen molar-refractivity contribution < 1.29 is 0 Å². The SMILES string of the molecule is C/B=c1/c(-c2ccc3cc(-c4ccccc4)ccc3c2)c2ccccc2c(-c2cc3ccccc3c3ccccc23)/c1=C/C=N. The molecule has 0 bridgehead atoms. The van der Waals surface area contributed by atoms with Gasteiger partial charge in [-0.15, -0.1) is 0 Å². The molecule has 0 saturated heterocycles. The van der Waals surface area contributed by atoms with Gasteiger partial charge in [-0.2, -0.15) is 0 Å². The second-order valence-electron chi connectivity index (χ2n) is 11.6. The van der Waals surface area contributed by atoms with Crippen LogP contribution in [0.4, 0.5) is 0 Å². The van der Waals surface area contributed by atoms with Gasteiger partial charge in [0.05, 0.1) is 0 Å². The fraction of sp³-hybridized carbons (Fsp3) is 0.0233. The molecule has 210 valence electrons. The Balaban J connectivity index is 1.45. The molecule has 0 radical (unpaired) electrons. The van der Waals surface area contributed by atoms with Gasteiger partial charge in [0.1, 0.15) is 0 Å². The van der Waals surface area contributed by atoms with Crippen molar-refractivity contribution in [2.75, 3.05) is 0 Å². The first-order valence-corrected chi connectivity index (χ1v) is 15.5. The summed E-state index contributed by atoms with van der Waals surface area (Å²) in [7, 11) is 0. The van der Waals surface area contributed by atoms with Crippen LogP contribution in [0.2, 0.25) is 6.82 Å². The van der Waals surface area contributed by atoms with Gasteiger partial charge < -0.3 is 0 Å². The summed E-state index contributed by atoms with van der Waals surface area (Å²) in [4.78, 5) is 0. The number of fused-ring (bicyclic) bond motifs is 5. The third kappa shape index (κ3) is 4.50. The zero-order valence-electron chi connectivity index (χ0n) is 25.1. The standard InChI is InChI=1S/C43H30BN/c1-44-43-39(23-24-45)42(40-27-32-13-5-6-14-34(32)35-15-7-8-16-36(35)40)38-18-10-9-17-37(38)41(43)33-22-21-30-25-29(19-20-31(30)26-33)28-11-3-2-4-12-28/h2-27,45H,1H3/b39-23-,45-24?. The van der Waals surface area contributed by atoms with Crippen molar-refractivity contribution >= 4 is 62.3 Å². The van der Waals surface area contributed by atoms with E-state index in [1.54, 1.807) is 0 Å². The van der Waals surface area contributed by atoms with Gasteiger partial charge in [-0.1, -0.05) is 0 Å². The molecule has 0 spiro atoms. The van der Waals surface area contributed by atoms with Crippen molar-refractivity contribution in [3.63, 3.8) is 0 Å². The molecule has 1 N–H and O–H groups in total. The van der Waals surface area contributed by atoms with Crippen LogP contribution in [0.5, 0.6) is 0 Å². The van der Waals surface area contributed by atoms with Crippen molar-refractivity contribution in [1.82, 2.24) is 0 Å². The second kappa shape index (κ2) is 11.2. The van der Waals surface area contributed by atoms with Gasteiger partial charge in [-0.3, -0.25) is 0 Å². The Labute approximate surface area is 263 Å². The summed E-state index contributed by atoms with van der Waals surface area (Å²) < 4.78 is 0. The van der Waals surface area contributed by atoms with Crippen molar-refractivity contribution in [3.8, 4) is 33.4 Å². The molecule has 1 nitrogen and oxygen atoms in total. The van der Waals surface area contributed by atoms with Crippen LogP contribution in [0.3, 0.4) is 0 Å². The molecule has 0 aliphatic rings. The zero-order valence-corrected chi connectivity index (χ0v) is 25.1. The van der Waals surface area contributed by atoms with Crippen LogP contribution in [0.1, 0.15) is 0 Å². The van der Waals surface area contributed by atoms with E-state index in [1.807, 2.05) is 6.08 Å². The minimum atomic E-state index is 1.07. The van der Waals surface area contributed by atoms with Crippen LogP contribution < -0.4 is 5.22 Å². The van der Waals surface area contributed by atoms with Gasteiger partial charge >= 0.3 is 264 Å². The quantitative estimate of drug-likeness (QED) is 0.123. The summed E-state index contributed by atoms with van der Waals surface area (Å²) in [6.07, 6.45) is 3.40. The van der Waals surface area contributed by atoms with Gasteiger partial charge in [0.2, 0.25) is 0 Å². The maximum absolute atomic E-state index is 8.25. The molecule has 8 aromatic carbocycles. The molecule has 45 heavy (non-hydrogen) atoms. The van der Waals surface area contributed by atoms with E-state index in [-0.39, 0.29) is 0 Å². The zero-order chi connectivity index (χ0) is 30.3. The van der Waals surface area contributed by atoms with Crippen LogP contribution in [0, 0.1) is 10.5 Å². The van der Waals surface area contributed by atoms with Gasteiger partial charge in [-0.25, -0.2) is 0 Å². The van der Waals surface area contributed by atoms with Crippen molar-refractivity contribution in [1.29, 1.82) is 5.41 Å². The number of benzene rings is 8. The molecule has 0 amide bonds. The van der Waals surface area contributed by atoms with Crippen LogP contribution in [-0.2, 0) is 0 Å². The van der Waals surface area contributed by atoms with E-state index in [1.165, 1.54) is 82.7 Å². The molecule has 0 aliphatic carbocycles. The summed E-state index contributed by atoms with van der Waals surface area (Å²) >= 11 is 0. The first-order valence-electron chi connectivity index (χ1n) is 15.5. The molecule has 0 heterocycles. The Bertz CT molecular complexity index is 2560. The van der Waals surface area contributed by atoms with E-state index in [2.05, 4.69) is 159 Å². The Morgan fingerprint density at radius 1 is 0.467 bits per heavy atom. The van der Waals surface area contributed by atoms with E-state index >= 15 is 0 Å². The van der Waals surface area contributed by atoms with Gasteiger partial charge in [0, 0.05) is 0 Å². The summed E-state index contributed by atoms with van der Waals surface area (Å²) in [5.41, 5.74) is 7.17. The molecular weight excluding hydrogens is 541 g/mol. The Hall–Kier alpha value is -5.60. The minimum absolute atomic E-state index is 1.07. The van der Waals surface area contributed by atoms with Crippen LogP contribution in [0.15, 0.2) is 146 Å². The van der Waals surface area contributed by atoms with Gasteiger partial charge in [0.25, 0.3) is 0 Å². The van der Waals surface area contributed by atoms with Gasteiger partial charge in [0.15, 0.2) is 0 Å². The third-order valence-electron chi connectivity index (χ3n) is 9.11. The first kappa shape index (κ1) is 27.0. The number of hydrogen-bond donors (Lipinski definition) is 1. The van der Waals surface area contributed by atoms with E-state index in [0.717, 1.165) is 10.3 Å². The number of nitrogens with one attached hydrogen (secondary N) is 1. The molecule has 8 aromatic rings. The fourth-order valence-corrected chi connectivity index (χ4v) is 7.11. The molecule has 8 rings (SSSR count). The predicted molar refractivity (Wildman–Crippen MR) is 196 cm³/mol. The van der Waals surface area contributed by atoms with Crippen molar-refractivity contribution in [2.45, 2.75) is 6.82 Å². The molecule has 0 fully saturated rings. The number of rotatable bonds is 4. The Morgan fingerprint density at radius 3 is 1.76 bits per heavy atom. The predicted octanol–water partition coefficient (Wildman–Crippen LogP) is 10.7. The average Bonchev–Trinajstić information content (AvgIpc) is 3.11. The van der Waals surface area contributed by atoms with E-state index < -0.39 is 0 Å². The normalized spacial score (nSPS) is 12.3. The summed E-state index contributed by atoms with van der Waals surface area (Å²) in [5, 5.41) is 20.2. The van der Waals surface area contributed by atoms with E-state index in [0.29, 0.717) is 0 Å². The van der Waals surface area contributed by atoms with Gasteiger partial charge in [-0.05, 0) is 0 Å². The molecule has 2 heteroatoms. The van der Waals surface area contributed by atoms with Crippen LogP contribution in [-0.4, -0.2) is 13.1 Å². The average molecular weight is 572 g/mol. The molecule has 0 saturated carbocycles. The van der Waals surface area contributed by atoms with E-state index in [4.69, 9.17) is 5.41 Å². The third-order valence-corrected chi connectivity index (χ3v) is 9.11. The topological polar surface area (TPSA) is 23.9 Å². The summed E-state index contributed by atoms with van der Waals surface area (Å²) in [6.45, 7) is 4.33. The molecule has 0 unspecified atom stereocenters. The first-order chi connectivity index (χ1) is 22.2. The van der Waals surface area contributed by atoms with Crippen molar-refractivity contribution in [2.24, 2.45) is 0 Å². The van der Waals surface area contributed by atoms with Crippen LogP contribution >= 0.6 is 0 Å². The molecule has 0 atom stereocenters. The Kier molecular flexibility index (Phi) is 6.69. The molecule has 0 aromatic heterocycles. The Morgan fingerprint density at radius 2 is 1.04 bits per heavy atom. The molecular formula is C43H30BN. The molecule has 0 aliphatic heterocycles. The second-order valence-corrected chi connectivity index (χ2v) is 11.6. The monoisotopic (exact) mass is 571 g/mol. The summed E-state index contributed by atoms with van der Waals surface area (Å²) in [5.74, 6) is 0. The summed E-state index contributed by atoms with van der Waals surface area (Å²) in [6, 6.07) is 52.5. The number of hydrogen-bond acceptors (Lipinski definition) is 1. The maximum atomic E-state index is 8.25. The van der Waals surface area contributed by atoms with Crippen molar-refractivity contribution in [3.05, 3.63) is 156 Å². The van der Waals surface area contributed by atoms with Crippen LogP contribution in [0.25, 0.3) is 82.5 Å². The van der Waals surface area contributed by atoms with E-state index in [9.17, 15) is 0 Å².